The predicted molar refractivity (Wildman–Crippen MR) is 94.4 cm³/mol. The topological polar surface area (TPSA) is 84.4 Å². The lowest BCUT2D eigenvalue weighted by molar-refractivity contribution is -0.127. The van der Waals surface area contributed by atoms with Gasteiger partial charge in [-0.1, -0.05) is 0 Å². The van der Waals surface area contributed by atoms with E-state index in [0.717, 1.165) is 12.5 Å². The largest absolute Gasteiger partial charge is 0.363 e. The molecule has 1 N–H and O–H groups in total. The number of rotatable bonds is 3. The van der Waals surface area contributed by atoms with Crippen molar-refractivity contribution in [2.75, 3.05) is 18.4 Å². The van der Waals surface area contributed by atoms with Crippen molar-refractivity contribution in [3.05, 3.63) is 54.4 Å². The van der Waals surface area contributed by atoms with E-state index in [0.29, 0.717) is 25.2 Å². The highest BCUT2D eigenvalue weighted by Crippen LogP contribution is 2.34. The number of hydrogen-bond acceptors (Lipinski definition) is 5. The van der Waals surface area contributed by atoms with Crippen molar-refractivity contribution in [1.82, 2.24) is 14.9 Å². The zero-order valence-corrected chi connectivity index (χ0v) is 14.5. The van der Waals surface area contributed by atoms with Crippen molar-refractivity contribution in [1.29, 1.82) is 0 Å². The molecule has 2 aliphatic rings. The molecule has 0 radical (unpaired) electrons. The Labute approximate surface area is 155 Å². The number of hydrogen-bond donors (Lipinski definition) is 1. The maximum absolute atomic E-state index is 13.3. The van der Waals surface area contributed by atoms with Crippen molar-refractivity contribution in [2.24, 2.45) is 5.92 Å². The number of fused-ring (bicyclic) bond motifs is 1. The first-order chi connectivity index (χ1) is 13.1. The van der Waals surface area contributed by atoms with Gasteiger partial charge in [-0.2, -0.15) is 4.39 Å². The quantitative estimate of drug-likeness (QED) is 0.834. The van der Waals surface area contributed by atoms with E-state index in [1.54, 1.807) is 29.4 Å². The lowest BCUT2D eigenvalue weighted by Gasteiger charge is -2.34. The van der Waals surface area contributed by atoms with Crippen LogP contribution in [0, 0.1) is 11.9 Å². The van der Waals surface area contributed by atoms with Crippen LogP contribution in [0.5, 0.6) is 0 Å². The average Bonchev–Trinajstić information content (AvgIpc) is 3.12. The van der Waals surface area contributed by atoms with Crippen molar-refractivity contribution >= 4 is 17.5 Å². The van der Waals surface area contributed by atoms with Gasteiger partial charge in [-0.05, 0) is 37.0 Å². The third kappa shape index (κ3) is 3.80. The van der Waals surface area contributed by atoms with Crippen LogP contribution in [0.25, 0.3) is 0 Å². The summed E-state index contributed by atoms with van der Waals surface area (Å²) in [5.74, 6) is -0.902. The molecule has 4 rings (SSSR count). The fraction of sp³-hybridized carbons (Fsp3) is 0.368. The average molecular weight is 370 g/mol. The van der Waals surface area contributed by atoms with Crippen LogP contribution >= 0.6 is 0 Å². The number of nitrogens with zero attached hydrogens (tertiary/aromatic N) is 3. The standard InChI is InChI=1S/C19H19FN4O3/c20-17-9-13(3-6-22-17)19(26)24-7-4-12-8-15(27-16(12)11-24)18(25)23-14-2-1-5-21-10-14/h1-3,5-6,9-10,12,15-16H,4,7-8,11H2,(H,23,25)/t12-,15-,16-/m0/s1. The minimum Gasteiger partial charge on any atom is -0.363 e. The van der Waals surface area contributed by atoms with Crippen LogP contribution in [0.15, 0.2) is 42.9 Å². The van der Waals surface area contributed by atoms with Crippen LogP contribution in [0.4, 0.5) is 10.1 Å². The number of piperidine rings is 1. The first-order valence-electron chi connectivity index (χ1n) is 8.87. The van der Waals surface area contributed by atoms with Crippen molar-refractivity contribution in [3.63, 3.8) is 0 Å². The molecule has 2 amide bonds. The Morgan fingerprint density at radius 2 is 2.19 bits per heavy atom. The Morgan fingerprint density at radius 3 is 2.96 bits per heavy atom. The van der Waals surface area contributed by atoms with E-state index in [1.807, 2.05) is 0 Å². The number of amides is 2. The highest BCUT2D eigenvalue weighted by molar-refractivity contribution is 5.95. The molecule has 0 saturated carbocycles. The smallest absolute Gasteiger partial charge is 0.254 e. The molecule has 2 saturated heterocycles. The van der Waals surface area contributed by atoms with Gasteiger partial charge in [-0.25, -0.2) is 4.98 Å². The van der Waals surface area contributed by atoms with Gasteiger partial charge in [0.1, 0.15) is 6.10 Å². The van der Waals surface area contributed by atoms with E-state index >= 15 is 0 Å². The molecule has 27 heavy (non-hydrogen) atoms. The Bertz CT molecular complexity index is 848. The summed E-state index contributed by atoms with van der Waals surface area (Å²) in [6.07, 6.45) is 5.13. The zero-order chi connectivity index (χ0) is 18.8. The second-order valence-corrected chi connectivity index (χ2v) is 6.80. The van der Waals surface area contributed by atoms with Crippen molar-refractivity contribution in [3.8, 4) is 0 Å². The predicted octanol–water partition coefficient (Wildman–Crippen LogP) is 1.87. The van der Waals surface area contributed by atoms with Crippen molar-refractivity contribution in [2.45, 2.75) is 25.0 Å². The highest BCUT2D eigenvalue weighted by Gasteiger charge is 2.42. The molecule has 0 bridgehead atoms. The third-order valence-corrected chi connectivity index (χ3v) is 5.03. The van der Waals surface area contributed by atoms with Gasteiger partial charge in [-0.15, -0.1) is 0 Å². The maximum Gasteiger partial charge on any atom is 0.254 e. The summed E-state index contributed by atoms with van der Waals surface area (Å²) in [5.41, 5.74) is 0.891. The minimum atomic E-state index is -0.681. The molecule has 2 aliphatic heterocycles. The number of anilines is 1. The van der Waals surface area contributed by atoms with Crippen LogP contribution in [-0.2, 0) is 9.53 Å². The Morgan fingerprint density at radius 1 is 1.30 bits per heavy atom. The highest BCUT2D eigenvalue weighted by atomic mass is 19.1. The van der Waals surface area contributed by atoms with Crippen LogP contribution in [0.2, 0.25) is 0 Å². The van der Waals surface area contributed by atoms with Crippen LogP contribution in [0.1, 0.15) is 23.2 Å². The Balaban J connectivity index is 1.38. The lowest BCUT2D eigenvalue weighted by atomic mass is 9.91. The summed E-state index contributed by atoms with van der Waals surface area (Å²) < 4.78 is 19.2. The van der Waals surface area contributed by atoms with Gasteiger partial charge in [0, 0.05) is 37.1 Å². The Kier molecular flexibility index (Phi) is 4.81. The molecule has 0 spiro atoms. The molecule has 0 aliphatic carbocycles. The molecule has 2 aromatic rings. The van der Waals surface area contributed by atoms with Gasteiger partial charge in [0.05, 0.1) is 18.0 Å². The van der Waals surface area contributed by atoms with E-state index in [9.17, 15) is 14.0 Å². The molecule has 7 nitrogen and oxygen atoms in total. The van der Waals surface area contributed by atoms with E-state index < -0.39 is 12.1 Å². The molecule has 0 unspecified atom stereocenters. The Hall–Kier alpha value is -2.87. The van der Waals surface area contributed by atoms with Crippen LogP contribution < -0.4 is 5.32 Å². The van der Waals surface area contributed by atoms with Gasteiger partial charge in [0.15, 0.2) is 0 Å². The summed E-state index contributed by atoms with van der Waals surface area (Å²) in [6, 6.07) is 6.14. The molecular formula is C19H19FN4O3. The van der Waals surface area contributed by atoms with Crippen LogP contribution in [-0.4, -0.2) is 52.0 Å². The number of nitrogens with one attached hydrogen (secondary N) is 1. The van der Waals surface area contributed by atoms with Gasteiger partial charge in [0.25, 0.3) is 11.8 Å². The molecule has 8 heteroatoms. The van der Waals surface area contributed by atoms with Crippen LogP contribution in [0.3, 0.4) is 0 Å². The minimum absolute atomic E-state index is 0.195. The third-order valence-electron chi connectivity index (χ3n) is 5.03. The van der Waals surface area contributed by atoms with Gasteiger partial charge in [0.2, 0.25) is 5.95 Å². The molecule has 3 atom stereocenters. The number of likely N-dealkylation sites (tertiary alicyclic amines) is 1. The SMILES string of the molecule is O=C(Nc1cccnc1)[C@@H]1C[C@@H]2CCN(C(=O)c3ccnc(F)c3)C[C@@H]2O1. The summed E-state index contributed by atoms with van der Waals surface area (Å²) in [6.45, 7) is 0.953. The van der Waals surface area contributed by atoms with E-state index in [4.69, 9.17) is 4.74 Å². The summed E-state index contributed by atoms with van der Waals surface area (Å²) >= 11 is 0. The molecule has 4 heterocycles. The van der Waals surface area contributed by atoms with Gasteiger partial charge < -0.3 is 15.0 Å². The first kappa shape index (κ1) is 17.5. The van der Waals surface area contributed by atoms with E-state index in [2.05, 4.69) is 15.3 Å². The maximum atomic E-state index is 13.3. The molecule has 2 fully saturated rings. The fourth-order valence-corrected chi connectivity index (χ4v) is 3.66. The molecule has 140 valence electrons. The monoisotopic (exact) mass is 370 g/mol. The molecule has 2 aromatic heterocycles. The van der Waals surface area contributed by atoms with Crippen molar-refractivity contribution < 1.29 is 18.7 Å². The number of carbonyl (C=O) groups excluding carboxylic acids is 2. The zero-order valence-electron chi connectivity index (χ0n) is 14.5. The number of aromatic nitrogens is 2. The molecule has 0 aromatic carbocycles. The first-order valence-corrected chi connectivity index (χ1v) is 8.87. The lowest BCUT2D eigenvalue weighted by Crippen LogP contribution is -2.45. The summed E-state index contributed by atoms with van der Waals surface area (Å²) in [7, 11) is 0. The molecular weight excluding hydrogens is 351 g/mol. The second-order valence-electron chi connectivity index (χ2n) is 6.80. The number of halogens is 1. The van der Waals surface area contributed by atoms with Gasteiger partial charge >= 0.3 is 0 Å². The number of pyridine rings is 2. The number of ether oxygens (including phenoxy) is 1. The normalized spacial score (nSPS) is 24.3. The fourth-order valence-electron chi connectivity index (χ4n) is 3.66. The second kappa shape index (κ2) is 7.40. The van der Waals surface area contributed by atoms with E-state index in [1.165, 1.54) is 12.3 Å². The summed E-state index contributed by atoms with van der Waals surface area (Å²) in [5, 5.41) is 2.80. The van der Waals surface area contributed by atoms with Gasteiger partial charge in [-0.3, -0.25) is 14.6 Å². The summed E-state index contributed by atoms with van der Waals surface area (Å²) in [4.78, 5) is 34.1. The number of carbonyl (C=O) groups is 2. The van der Waals surface area contributed by atoms with E-state index in [-0.39, 0.29) is 29.4 Å².